The van der Waals surface area contributed by atoms with Crippen LogP contribution < -0.4 is 4.90 Å². The zero-order chi connectivity index (χ0) is 11.8. The quantitative estimate of drug-likeness (QED) is 0.750. The summed E-state index contributed by atoms with van der Waals surface area (Å²) in [7, 11) is 2.18. The van der Waals surface area contributed by atoms with E-state index in [-0.39, 0.29) is 0 Å². The molecule has 1 saturated heterocycles. The highest BCUT2D eigenvalue weighted by Gasteiger charge is 2.14. The van der Waals surface area contributed by atoms with Crippen LogP contribution in [0.15, 0.2) is 28.7 Å². The van der Waals surface area contributed by atoms with E-state index >= 15 is 0 Å². The van der Waals surface area contributed by atoms with Gasteiger partial charge in [0.1, 0.15) is 11.3 Å². The van der Waals surface area contributed by atoms with Gasteiger partial charge < -0.3 is 14.2 Å². The van der Waals surface area contributed by atoms with Crippen LogP contribution in [-0.2, 0) is 0 Å². The van der Waals surface area contributed by atoms with E-state index in [1.54, 1.807) is 0 Å². The smallest absolute Gasteiger partial charge is 0.136 e. The minimum Gasteiger partial charge on any atom is -0.461 e. The number of hydrogen-bond acceptors (Lipinski definition) is 3. The molecule has 0 atom stereocenters. The summed E-state index contributed by atoms with van der Waals surface area (Å²) in [5.74, 6) is 0.982. The van der Waals surface area contributed by atoms with Crippen molar-refractivity contribution >= 4 is 16.7 Å². The van der Waals surface area contributed by atoms with Crippen LogP contribution in [0, 0.1) is 6.92 Å². The Hall–Kier alpha value is -1.48. The molecule has 0 bridgehead atoms. The maximum atomic E-state index is 5.68. The van der Waals surface area contributed by atoms with Gasteiger partial charge in [-0.3, -0.25) is 0 Å². The lowest BCUT2D eigenvalue weighted by Crippen LogP contribution is -2.44. The summed E-state index contributed by atoms with van der Waals surface area (Å²) in [6.07, 6.45) is 0. The van der Waals surface area contributed by atoms with Crippen LogP contribution in [0.1, 0.15) is 5.76 Å². The molecule has 1 aromatic heterocycles. The van der Waals surface area contributed by atoms with Crippen molar-refractivity contribution in [2.45, 2.75) is 6.92 Å². The van der Waals surface area contributed by atoms with E-state index in [0.29, 0.717) is 0 Å². The molecule has 0 aliphatic carbocycles. The zero-order valence-corrected chi connectivity index (χ0v) is 10.4. The van der Waals surface area contributed by atoms with Gasteiger partial charge >= 0.3 is 0 Å². The summed E-state index contributed by atoms with van der Waals surface area (Å²) in [4.78, 5) is 4.80. The highest BCUT2D eigenvalue weighted by atomic mass is 16.3. The maximum absolute atomic E-state index is 5.68. The van der Waals surface area contributed by atoms with Crippen LogP contribution in [0.25, 0.3) is 11.0 Å². The fourth-order valence-corrected chi connectivity index (χ4v) is 2.41. The summed E-state index contributed by atoms with van der Waals surface area (Å²) >= 11 is 0. The summed E-state index contributed by atoms with van der Waals surface area (Å²) < 4.78 is 5.68. The first-order valence-electron chi connectivity index (χ1n) is 6.16. The average Bonchev–Trinajstić information content (AvgIpc) is 2.69. The van der Waals surface area contributed by atoms with Crippen LogP contribution in [0.3, 0.4) is 0 Å². The molecule has 1 fully saturated rings. The predicted octanol–water partition coefficient (Wildman–Crippen LogP) is 2.49. The lowest BCUT2D eigenvalue weighted by molar-refractivity contribution is 0.313. The molecule has 0 N–H and O–H groups in total. The Morgan fingerprint density at radius 1 is 1.06 bits per heavy atom. The van der Waals surface area contributed by atoms with E-state index in [1.165, 1.54) is 11.1 Å². The number of furan rings is 1. The Kier molecular flexibility index (Phi) is 2.56. The van der Waals surface area contributed by atoms with Crippen LogP contribution in [0.4, 0.5) is 5.69 Å². The molecule has 17 heavy (non-hydrogen) atoms. The highest BCUT2D eigenvalue weighted by Crippen LogP contribution is 2.25. The van der Waals surface area contributed by atoms with Gasteiger partial charge in [0.15, 0.2) is 0 Å². The number of benzene rings is 1. The van der Waals surface area contributed by atoms with Gasteiger partial charge in [-0.25, -0.2) is 0 Å². The number of anilines is 1. The number of rotatable bonds is 1. The Bertz CT molecular complexity index is 524. The molecule has 90 valence electrons. The fraction of sp³-hybridized carbons (Fsp3) is 0.429. The number of nitrogens with zero attached hydrogens (tertiary/aromatic N) is 2. The van der Waals surface area contributed by atoms with E-state index < -0.39 is 0 Å². The number of likely N-dealkylation sites (N-methyl/N-ethyl adjacent to an activating group) is 1. The summed E-state index contributed by atoms with van der Waals surface area (Å²) in [6.45, 7) is 6.46. The summed E-state index contributed by atoms with van der Waals surface area (Å²) in [5.41, 5.74) is 2.28. The van der Waals surface area contributed by atoms with Crippen molar-refractivity contribution < 1.29 is 4.42 Å². The molecule has 0 unspecified atom stereocenters. The normalized spacial score (nSPS) is 17.9. The maximum Gasteiger partial charge on any atom is 0.136 e. The third-order valence-corrected chi connectivity index (χ3v) is 3.50. The summed E-state index contributed by atoms with van der Waals surface area (Å²) in [5, 5.41) is 1.19. The SMILES string of the molecule is Cc1cc2ccc(N3CCN(C)CC3)cc2o1. The standard InChI is InChI=1S/C14H18N2O/c1-11-9-12-3-4-13(10-14(12)17-11)16-7-5-15(2)6-8-16/h3-4,9-10H,5-8H2,1-2H3. The van der Waals surface area contributed by atoms with E-state index in [2.05, 4.69) is 41.1 Å². The Balaban J connectivity index is 1.89. The van der Waals surface area contributed by atoms with Gasteiger partial charge in [0, 0.05) is 43.3 Å². The van der Waals surface area contributed by atoms with Gasteiger partial charge in [-0.2, -0.15) is 0 Å². The first-order chi connectivity index (χ1) is 8.22. The second kappa shape index (κ2) is 4.08. The van der Waals surface area contributed by atoms with Crippen LogP contribution in [0.5, 0.6) is 0 Å². The van der Waals surface area contributed by atoms with Crippen LogP contribution in [0.2, 0.25) is 0 Å². The number of aryl methyl sites for hydroxylation is 1. The molecule has 1 aromatic carbocycles. The molecular weight excluding hydrogens is 212 g/mol. The molecule has 1 aliphatic rings. The lowest BCUT2D eigenvalue weighted by Gasteiger charge is -2.33. The van der Waals surface area contributed by atoms with Gasteiger partial charge in [0.05, 0.1) is 0 Å². The van der Waals surface area contributed by atoms with Gasteiger partial charge in [-0.05, 0) is 32.2 Å². The summed E-state index contributed by atoms with van der Waals surface area (Å²) in [6, 6.07) is 8.60. The molecule has 0 radical (unpaired) electrons. The van der Waals surface area contributed by atoms with Crippen molar-refractivity contribution in [2.24, 2.45) is 0 Å². The molecule has 3 heteroatoms. The largest absolute Gasteiger partial charge is 0.461 e. The van der Waals surface area contributed by atoms with Crippen molar-refractivity contribution in [2.75, 3.05) is 38.1 Å². The first kappa shape index (κ1) is 10.7. The third kappa shape index (κ3) is 2.03. The minimum absolute atomic E-state index is 0.982. The van der Waals surface area contributed by atoms with E-state index in [0.717, 1.165) is 37.5 Å². The van der Waals surface area contributed by atoms with E-state index in [9.17, 15) is 0 Å². The van der Waals surface area contributed by atoms with Crippen molar-refractivity contribution in [1.29, 1.82) is 0 Å². The first-order valence-corrected chi connectivity index (χ1v) is 6.16. The van der Waals surface area contributed by atoms with Crippen LogP contribution >= 0.6 is 0 Å². The second-order valence-corrected chi connectivity index (χ2v) is 4.87. The van der Waals surface area contributed by atoms with Crippen molar-refractivity contribution in [1.82, 2.24) is 4.90 Å². The average molecular weight is 230 g/mol. The van der Waals surface area contributed by atoms with E-state index in [1.807, 2.05) is 6.92 Å². The molecule has 0 amide bonds. The topological polar surface area (TPSA) is 19.6 Å². The Morgan fingerprint density at radius 2 is 1.82 bits per heavy atom. The van der Waals surface area contributed by atoms with Gasteiger partial charge in [0.2, 0.25) is 0 Å². The molecule has 0 saturated carbocycles. The van der Waals surface area contributed by atoms with Crippen molar-refractivity contribution in [3.05, 3.63) is 30.0 Å². The molecular formula is C14H18N2O. The predicted molar refractivity (Wildman–Crippen MR) is 70.7 cm³/mol. The zero-order valence-electron chi connectivity index (χ0n) is 10.4. The fourth-order valence-electron chi connectivity index (χ4n) is 2.41. The van der Waals surface area contributed by atoms with Crippen molar-refractivity contribution in [3.63, 3.8) is 0 Å². The molecule has 3 nitrogen and oxygen atoms in total. The Morgan fingerprint density at radius 3 is 2.59 bits per heavy atom. The molecule has 2 aromatic rings. The van der Waals surface area contributed by atoms with E-state index in [4.69, 9.17) is 4.42 Å². The molecule has 0 spiro atoms. The lowest BCUT2D eigenvalue weighted by atomic mass is 10.2. The van der Waals surface area contributed by atoms with Crippen molar-refractivity contribution in [3.8, 4) is 0 Å². The monoisotopic (exact) mass is 230 g/mol. The minimum atomic E-state index is 0.982. The van der Waals surface area contributed by atoms with Gasteiger partial charge in [-0.15, -0.1) is 0 Å². The molecule has 1 aliphatic heterocycles. The number of hydrogen-bond donors (Lipinski definition) is 0. The molecule has 3 rings (SSSR count). The Labute approximate surface area is 102 Å². The third-order valence-electron chi connectivity index (χ3n) is 3.50. The highest BCUT2D eigenvalue weighted by molar-refractivity contribution is 5.81. The number of piperazine rings is 1. The second-order valence-electron chi connectivity index (χ2n) is 4.87. The van der Waals surface area contributed by atoms with Crippen LogP contribution in [-0.4, -0.2) is 38.1 Å². The molecule has 2 heterocycles. The van der Waals surface area contributed by atoms with Gasteiger partial charge in [0.25, 0.3) is 0 Å². The number of fused-ring (bicyclic) bond motifs is 1. The van der Waals surface area contributed by atoms with Gasteiger partial charge in [-0.1, -0.05) is 0 Å².